The summed E-state index contributed by atoms with van der Waals surface area (Å²) in [6, 6.07) is 9.50. The van der Waals surface area contributed by atoms with E-state index >= 15 is 0 Å². The van der Waals surface area contributed by atoms with Gasteiger partial charge in [0.15, 0.2) is 0 Å². The van der Waals surface area contributed by atoms with Crippen molar-refractivity contribution in [2.45, 2.75) is 45.2 Å². The maximum Gasteiger partial charge on any atom is 0.243 e. The topological polar surface area (TPSA) is 49.4 Å². The monoisotopic (exact) mass is 366 g/mol. The predicted molar refractivity (Wildman–Crippen MR) is 101 cm³/mol. The second-order valence-electron chi connectivity index (χ2n) is 5.79. The standard InChI is InChI=1S/C18H26N2O2S2/c1-5-20(6-2)24(21,22)17-9-7-16(8-10-17)15(4)19-13-18-14(3)11-12-23-18/h7-12,15,19H,5-6,13H2,1-4H3/t15-/m1/s1. The Labute approximate surface area is 149 Å². The van der Waals surface area contributed by atoms with Gasteiger partial charge in [-0.15, -0.1) is 11.3 Å². The Morgan fingerprint density at radius 3 is 2.25 bits per heavy atom. The fourth-order valence-corrected chi connectivity index (χ4v) is 4.90. The SMILES string of the molecule is CCN(CC)S(=O)(=O)c1ccc([C@@H](C)NCc2sccc2C)cc1. The molecule has 1 N–H and O–H groups in total. The van der Waals surface area contributed by atoms with E-state index in [4.69, 9.17) is 0 Å². The third-order valence-electron chi connectivity index (χ3n) is 4.26. The molecule has 24 heavy (non-hydrogen) atoms. The summed E-state index contributed by atoms with van der Waals surface area (Å²) in [4.78, 5) is 1.69. The molecule has 0 spiro atoms. The number of sulfonamides is 1. The van der Waals surface area contributed by atoms with E-state index < -0.39 is 10.0 Å². The van der Waals surface area contributed by atoms with Gasteiger partial charge >= 0.3 is 0 Å². The maximum atomic E-state index is 12.5. The second kappa shape index (κ2) is 8.25. The van der Waals surface area contributed by atoms with Crippen LogP contribution in [0.2, 0.25) is 0 Å². The van der Waals surface area contributed by atoms with Crippen molar-refractivity contribution in [1.29, 1.82) is 0 Å². The minimum Gasteiger partial charge on any atom is -0.305 e. The van der Waals surface area contributed by atoms with Crippen molar-refractivity contribution in [2.24, 2.45) is 0 Å². The van der Waals surface area contributed by atoms with Crippen LogP contribution in [-0.2, 0) is 16.6 Å². The number of hydrogen-bond acceptors (Lipinski definition) is 4. The normalized spacial score (nSPS) is 13.4. The molecule has 2 rings (SSSR count). The molecular weight excluding hydrogens is 340 g/mol. The number of thiophene rings is 1. The predicted octanol–water partition coefficient (Wildman–Crippen LogP) is 3.94. The average Bonchev–Trinajstić information content (AvgIpc) is 2.98. The molecule has 6 heteroatoms. The van der Waals surface area contributed by atoms with Crippen LogP contribution >= 0.6 is 11.3 Å². The molecule has 1 aromatic heterocycles. The van der Waals surface area contributed by atoms with Gasteiger partial charge in [-0.1, -0.05) is 26.0 Å². The Kier molecular flexibility index (Phi) is 6.57. The lowest BCUT2D eigenvalue weighted by atomic mass is 10.1. The van der Waals surface area contributed by atoms with Crippen LogP contribution in [0.5, 0.6) is 0 Å². The summed E-state index contributed by atoms with van der Waals surface area (Å²) in [5.74, 6) is 0. The molecule has 0 amide bonds. The number of nitrogens with one attached hydrogen (secondary N) is 1. The van der Waals surface area contributed by atoms with Crippen molar-refractivity contribution >= 4 is 21.4 Å². The van der Waals surface area contributed by atoms with E-state index in [2.05, 4.69) is 30.6 Å². The minimum atomic E-state index is -3.38. The summed E-state index contributed by atoms with van der Waals surface area (Å²) in [7, 11) is -3.38. The highest BCUT2D eigenvalue weighted by Gasteiger charge is 2.21. The summed E-state index contributed by atoms with van der Waals surface area (Å²) >= 11 is 1.75. The Morgan fingerprint density at radius 2 is 1.75 bits per heavy atom. The lowest BCUT2D eigenvalue weighted by Crippen LogP contribution is -2.30. The van der Waals surface area contributed by atoms with Crippen LogP contribution < -0.4 is 5.32 Å². The molecule has 0 saturated carbocycles. The van der Waals surface area contributed by atoms with Gasteiger partial charge in [0, 0.05) is 30.6 Å². The largest absolute Gasteiger partial charge is 0.305 e. The molecule has 1 aromatic carbocycles. The van der Waals surface area contributed by atoms with E-state index in [1.807, 2.05) is 26.0 Å². The highest BCUT2D eigenvalue weighted by atomic mass is 32.2. The number of benzene rings is 1. The van der Waals surface area contributed by atoms with E-state index in [9.17, 15) is 8.42 Å². The first kappa shape index (κ1) is 19.1. The van der Waals surface area contributed by atoms with Gasteiger partial charge in [0.1, 0.15) is 0 Å². The third kappa shape index (κ3) is 4.25. The first-order chi connectivity index (χ1) is 11.4. The van der Waals surface area contributed by atoms with E-state index in [1.54, 1.807) is 23.5 Å². The van der Waals surface area contributed by atoms with Crippen LogP contribution in [0.4, 0.5) is 0 Å². The molecule has 0 unspecified atom stereocenters. The second-order valence-corrected chi connectivity index (χ2v) is 8.73. The summed E-state index contributed by atoms with van der Waals surface area (Å²) in [5, 5.41) is 5.60. The van der Waals surface area contributed by atoms with Crippen molar-refractivity contribution in [3.8, 4) is 0 Å². The van der Waals surface area contributed by atoms with Crippen molar-refractivity contribution in [2.75, 3.05) is 13.1 Å². The summed E-state index contributed by atoms with van der Waals surface area (Å²) in [5.41, 5.74) is 2.39. The lowest BCUT2D eigenvalue weighted by molar-refractivity contribution is 0.445. The molecule has 0 fully saturated rings. The maximum absolute atomic E-state index is 12.5. The number of rotatable bonds is 8. The summed E-state index contributed by atoms with van der Waals surface area (Å²) in [6.07, 6.45) is 0. The molecule has 0 aliphatic rings. The zero-order valence-electron chi connectivity index (χ0n) is 14.7. The highest BCUT2D eigenvalue weighted by molar-refractivity contribution is 7.89. The van der Waals surface area contributed by atoms with Gasteiger partial charge in [-0.3, -0.25) is 0 Å². The quantitative estimate of drug-likeness (QED) is 0.770. The van der Waals surface area contributed by atoms with Crippen LogP contribution in [0, 0.1) is 6.92 Å². The smallest absolute Gasteiger partial charge is 0.243 e. The molecule has 4 nitrogen and oxygen atoms in total. The number of nitrogens with zero attached hydrogens (tertiary/aromatic N) is 1. The zero-order valence-corrected chi connectivity index (χ0v) is 16.4. The molecule has 0 bridgehead atoms. The van der Waals surface area contributed by atoms with Crippen LogP contribution in [0.25, 0.3) is 0 Å². The molecular formula is C18H26N2O2S2. The van der Waals surface area contributed by atoms with Gasteiger partial charge < -0.3 is 5.32 Å². The molecule has 0 saturated heterocycles. The van der Waals surface area contributed by atoms with Crippen LogP contribution in [0.1, 0.15) is 42.8 Å². The zero-order chi connectivity index (χ0) is 17.7. The lowest BCUT2D eigenvalue weighted by Gasteiger charge is -2.19. The fraction of sp³-hybridized carbons (Fsp3) is 0.444. The third-order valence-corrected chi connectivity index (χ3v) is 7.35. The summed E-state index contributed by atoms with van der Waals surface area (Å²) in [6.45, 7) is 9.71. The van der Waals surface area contributed by atoms with Gasteiger partial charge in [-0.25, -0.2) is 8.42 Å². The molecule has 132 valence electrons. The molecule has 1 heterocycles. The average molecular weight is 367 g/mol. The number of aryl methyl sites for hydroxylation is 1. The number of hydrogen-bond donors (Lipinski definition) is 1. The Hall–Kier alpha value is -1.21. The highest BCUT2D eigenvalue weighted by Crippen LogP contribution is 2.21. The molecule has 2 aromatic rings. The van der Waals surface area contributed by atoms with Gasteiger partial charge in [-0.05, 0) is 48.6 Å². The van der Waals surface area contributed by atoms with Crippen LogP contribution in [-0.4, -0.2) is 25.8 Å². The van der Waals surface area contributed by atoms with Crippen LogP contribution in [0.3, 0.4) is 0 Å². The Balaban J connectivity index is 2.07. The summed E-state index contributed by atoms with van der Waals surface area (Å²) < 4.78 is 26.5. The minimum absolute atomic E-state index is 0.164. The van der Waals surface area contributed by atoms with Gasteiger partial charge in [-0.2, -0.15) is 4.31 Å². The molecule has 0 radical (unpaired) electrons. The molecule has 0 aliphatic carbocycles. The fourth-order valence-electron chi connectivity index (χ4n) is 2.59. The van der Waals surface area contributed by atoms with Gasteiger partial charge in [0.2, 0.25) is 10.0 Å². The van der Waals surface area contributed by atoms with E-state index in [0.717, 1.165) is 12.1 Å². The van der Waals surface area contributed by atoms with Gasteiger partial charge in [0.05, 0.1) is 4.90 Å². The van der Waals surface area contributed by atoms with Crippen molar-refractivity contribution in [3.05, 3.63) is 51.7 Å². The molecule has 1 atom stereocenters. The Morgan fingerprint density at radius 1 is 1.12 bits per heavy atom. The Bertz CT molecular complexity index is 748. The first-order valence-electron chi connectivity index (χ1n) is 8.26. The van der Waals surface area contributed by atoms with Crippen molar-refractivity contribution in [1.82, 2.24) is 9.62 Å². The molecule has 0 aliphatic heterocycles. The van der Waals surface area contributed by atoms with E-state index in [-0.39, 0.29) is 6.04 Å². The van der Waals surface area contributed by atoms with Crippen LogP contribution in [0.15, 0.2) is 40.6 Å². The first-order valence-corrected chi connectivity index (χ1v) is 10.6. The van der Waals surface area contributed by atoms with E-state index in [0.29, 0.717) is 18.0 Å². The van der Waals surface area contributed by atoms with Crippen molar-refractivity contribution in [3.63, 3.8) is 0 Å². The van der Waals surface area contributed by atoms with E-state index in [1.165, 1.54) is 14.7 Å². The van der Waals surface area contributed by atoms with Gasteiger partial charge in [0.25, 0.3) is 0 Å². The van der Waals surface area contributed by atoms with Crippen molar-refractivity contribution < 1.29 is 8.42 Å².